The lowest BCUT2D eigenvalue weighted by molar-refractivity contribution is -0.0435. The van der Waals surface area contributed by atoms with E-state index < -0.39 is 41.2 Å². The van der Waals surface area contributed by atoms with Crippen molar-refractivity contribution in [2.75, 3.05) is 56.1 Å². The van der Waals surface area contributed by atoms with Crippen LogP contribution in [0.15, 0.2) is 118 Å². The lowest BCUT2D eigenvalue weighted by Gasteiger charge is -2.40. The number of benzene rings is 4. The monoisotopic (exact) mass is 911 g/mol. The Labute approximate surface area is 364 Å². The molecule has 11 nitrogen and oxygen atoms in total. The van der Waals surface area contributed by atoms with Gasteiger partial charge in [-0.05, 0) is 119 Å². The topological polar surface area (TPSA) is 128 Å². The van der Waals surface area contributed by atoms with Crippen LogP contribution < -0.4 is 10.0 Å². The number of aromatic nitrogens is 2. The van der Waals surface area contributed by atoms with E-state index in [9.17, 15) is 34.4 Å². The first-order chi connectivity index (χ1) is 29.6. The van der Waals surface area contributed by atoms with Crippen molar-refractivity contribution in [3.05, 3.63) is 126 Å². The molecule has 0 unspecified atom stereocenters. The predicted octanol–water partition coefficient (Wildman–Crippen LogP) is 7.92. The van der Waals surface area contributed by atoms with Gasteiger partial charge in [0.15, 0.2) is 0 Å². The van der Waals surface area contributed by atoms with E-state index in [1.165, 1.54) is 35.8 Å². The molecule has 4 aromatic carbocycles. The summed E-state index contributed by atoms with van der Waals surface area (Å²) >= 11 is 1.46. The molecule has 0 bridgehead atoms. The molecule has 1 atom stereocenters. The maximum absolute atomic E-state index is 14.2. The average molecular weight is 912 g/mol. The lowest BCUT2D eigenvalue weighted by atomic mass is 9.96. The van der Waals surface area contributed by atoms with Crippen molar-refractivity contribution in [2.24, 2.45) is 0 Å². The molecule has 2 N–H and O–H groups in total. The summed E-state index contributed by atoms with van der Waals surface area (Å²) in [5.41, 5.74) is -1.63. The molecule has 7 rings (SSSR count). The zero-order valence-corrected chi connectivity index (χ0v) is 36.8. The van der Waals surface area contributed by atoms with Crippen molar-refractivity contribution in [2.45, 2.75) is 71.1 Å². The molecule has 1 fully saturated rings. The Kier molecular flexibility index (Phi) is 14.2. The summed E-state index contributed by atoms with van der Waals surface area (Å²) in [6, 6.07) is 26.6. The molecule has 3 heterocycles. The van der Waals surface area contributed by atoms with Gasteiger partial charge >= 0.3 is 5.51 Å². The van der Waals surface area contributed by atoms with Gasteiger partial charge in [0.25, 0.3) is 19.9 Å². The second-order valence-electron chi connectivity index (χ2n) is 15.8. The van der Waals surface area contributed by atoms with E-state index >= 15 is 0 Å². The first-order valence-corrected chi connectivity index (χ1v) is 24.2. The van der Waals surface area contributed by atoms with Crippen LogP contribution in [0.2, 0.25) is 0 Å². The Hall–Kier alpha value is -4.59. The summed E-state index contributed by atoms with van der Waals surface area (Å²) in [6.45, 7) is 4.11. The molecule has 0 amide bonds. The Bertz CT molecular complexity index is 2540. The van der Waals surface area contributed by atoms with Crippen LogP contribution in [0.3, 0.4) is 0 Å². The zero-order valence-electron chi connectivity index (χ0n) is 34.4. The largest absolute Gasteiger partial charge is 0.501 e. The Morgan fingerprint density at radius 2 is 1.60 bits per heavy atom. The van der Waals surface area contributed by atoms with Crippen molar-refractivity contribution in [1.82, 2.24) is 24.7 Å². The Morgan fingerprint density at radius 1 is 0.887 bits per heavy atom. The minimum Gasteiger partial charge on any atom is -0.380 e. The summed E-state index contributed by atoms with van der Waals surface area (Å²) < 4.78 is 112. The van der Waals surface area contributed by atoms with Crippen LogP contribution in [0.25, 0.3) is 11.1 Å². The van der Waals surface area contributed by atoms with Crippen LogP contribution in [0.1, 0.15) is 36.1 Å². The molecule has 1 aromatic heterocycles. The molecule has 0 aliphatic carbocycles. The normalized spacial score (nSPS) is 16.2. The van der Waals surface area contributed by atoms with Crippen molar-refractivity contribution >= 4 is 43.1 Å². The van der Waals surface area contributed by atoms with E-state index in [0.29, 0.717) is 55.6 Å². The van der Waals surface area contributed by atoms with Crippen molar-refractivity contribution in [3.8, 4) is 11.1 Å². The van der Waals surface area contributed by atoms with E-state index in [0.717, 1.165) is 60.6 Å². The molecule has 62 heavy (non-hydrogen) atoms. The molecular formula is C44H49F4N7O4S3. The molecule has 2 aliphatic heterocycles. The molecule has 0 radical (unpaired) electrons. The number of fused-ring (bicyclic) bond motifs is 1. The van der Waals surface area contributed by atoms with Gasteiger partial charge in [-0.2, -0.15) is 13.2 Å². The van der Waals surface area contributed by atoms with Gasteiger partial charge in [-0.1, -0.05) is 54.6 Å². The van der Waals surface area contributed by atoms with E-state index in [1.807, 2.05) is 61.5 Å². The van der Waals surface area contributed by atoms with Gasteiger partial charge in [0, 0.05) is 47.9 Å². The molecule has 18 heteroatoms. The second kappa shape index (κ2) is 19.4. The highest BCUT2D eigenvalue weighted by Crippen LogP contribution is 2.38. The average Bonchev–Trinajstić information content (AvgIpc) is 3.25. The quantitative estimate of drug-likeness (QED) is 0.0741. The van der Waals surface area contributed by atoms with Gasteiger partial charge in [0.2, 0.25) is 0 Å². The number of alkyl halides is 3. The number of piperidine rings is 1. The fraction of sp³-hybridized carbons (Fsp3) is 0.364. The molecule has 330 valence electrons. The summed E-state index contributed by atoms with van der Waals surface area (Å²) in [5, 5.41) is 2.99. The summed E-state index contributed by atoms with van der Waals surface area (Å²) in [5.74, 6) is 0.117. The second-order valence-corrected chi connectivity index (χ2v) is 20.5. The van der Waals surface area contributed by atoms with E-state index in [4.69, 9.17) is 0 Å². The van der Waals surface area contributed by atoms with Crippen molar-refractivity contribution in [3.63, 3.8) is 0 Å². The molecule has 0 saturated carbocycles. The van der Waals surface area contributed by atoms with Crippen LogP contribution >= 0.6 is 11.8 Å². The van der Waals surface area contributed by atoms with Crippen LogP contribution in [-0.2, 0) is 39.4 Å². The van der Waals surface area contributed by atoms with Gasteiger partial charge in [0.05, 0.1) is 16.3 Å². The number of anilines is 2. The minimum absolute atomic E-state index is 0.00611. The number of hydrogen-bond donors (Lipinski definition) is 2. The fourth-order valence-electron chi connectivity index (χ4n) is 7.89. The molecule has 0 spiro atoms. The van der Waals surface area contributed by atoms with E-state index in [2.05, 4.69) is 41.9 Å². The smallest absolute Gasteiger partial charge is 0.380 e. The van der Waals surface area contributed by atoms with Crippen molar-refractivity contribution in [1.29, 1.82) is 0 Å². The first-order valence-electron chi connectivity index (χ1n) is 20.3. The zero-order chi connectivity index (χ0) is 44.1. The van der Waals surface area contributed by atoms with Crippen LogP contribution in [0, 0.1) is 5.82 Å². The SMILES string of the molecule is CN(C)CC[C@H](CSc1ccccc1)Nc1ccc(S(=O)(=O)Nc2ncnc3c2CCN(C2CCN(Cc4ccccc4-c4ccc(F)cc4)CC2)C3)cc1S(=O)(=O)C(F)(F)F. The fourth-order valence-corrected chi connectivity index (χ4v) is 11.0. The van der Waals surface area contributed by atoms with Crippen LogP contribution in [0.4, 0.5) is 29.1 Å². The first kappa shape index (κ1) is 45.4. The number of sulfonamides is 1. The summed E-state index contributed by atoms with van der Waals surface area (Å²) in [6.07, 6.45) is 3.95. The molecule has 1 saturated heterocycles. The summed E-state index contributed by atoms with van der Waals surface area (Å²) in [7, 11) is -6.91. The van der Waals surface area contributed by atoms with Crippen LogP contribution in [-0.4, -0.2) is 105 Å². The van der Waals surface area contributed by atoms with E-state index in [1.54, 1.807) is 12.1 Å². The van der Waals surface area contributed by atoms with Gasteiger partial charge in [-0.15, -0.1) is 11.8 Å². The third kappa shape index (κ3) is 10.9. The maximum Gasteiger partial charge on any atom is 0.501 e. The molecule has 2 aliphatic rings. The van der Waals surface area contributed by atoms with Gasteiger partial charge in [-0.3, -0.25) is 14.5 Å². The number of nitrogens with zero attached hydrogens (tertiary/aromatic N) is 5. The number of halogens is 4. The van der Waals surface area contributed by atoms with Crippen LogP contribution in [0.5, 0.6) is 0 Å². The van der Waals surface area contributed by atoms with Crippen molar-refractivity contribution < 1.29 is 34.4 Å². The lowest BCUT2D eigenvalue weighted by Crippen LogP contribution is -2.46. The number of nitrogens with one attached hydrogen (secondary N) is 2. The Morgan fingerprint density at radius 3 is 2.31 bits per heavy atom. The van der Waals surface area contributed by atoms with E-state index in [-0.39, 0.29) is 23.4 Å². The predicted molar refractivity (Wildman–Crippen MR) is 235 cm³/mol. The highest BCUT2D eigenvalue weighted by Gasteiger charge is 2.48. The maximum atomic E-state index is 14.2. The number of hydrogen-bond acceptors (Lipinski definition) is 11. The molecular weight excluding hydrogens is 863 g/mol. The third-order valence-electron chi connectivity index (χ3n) is 11.2. The molecule has 5 aromatic rings. The standard InChI is InChI=1S/C44H49F4N7O4S3/c1-53(2)22-18-34(29-60-36-9-4-3-5-10-36)51-40-17-16-37(26-42(40)61(56,57)44(46,47)48)62(58,59)52-43-39-21-25-55(28-41(39)49-30-50-43)35-19-23-54(24-20-35)27-32-8-6-7-11-38(32)31-12-14-33(45)15-13-31/h3-17,26,30,34-35,51H,18-25,27-29H2,1-2H3,(H,49,50,52)/t34-/m1/s1. The van der Waals surface area contributed by atoms with Gasteiger partial charge < -0.3 is 10.2 Å². The Balaban J connectivity index is 1.04. The third-order valence-corrected chi connectivity index (χ3v) is 15.3. The minimum atomic E-state index is -5.99. The van der Waals surface area contributed by atoms with Gasteiger partial charge in [0.1, 0.15) is 22.9 Å². The number of sulfone groups is 1. The highest BCUT2D eigenvalue weighted by molar-refractivity contribution is 7.99. The summed E-state index contributed by atoms with van der Waals surface area (Å²) in [4.78, 5) is 14.4. The highest BCUT2D eigenvalue weighted by atomic mass is 32.2. The number of thioether (sulfide) groups is 1. The number of rotatable bonds is 16. The number of likely N-dealkylation sites (tertiary alicyclic amines) is 1. The van der Waals surface area contributed by atoms with Gasteiger partial charge in [-0.25, -0.2) is 31.2 Å².